The number of piperidine rings is 1. The fourth-order valence-corrected chi connectivity index (χ4v) is 6.11. The molecular formula is C29H36Cl2N2O2. The van der Waals surface area contributed by atoms with E-state index in [1.807, 2.05) is 30.3 Å². The largest absolute Gasteiger partial charge is 0.379 e. The van der Waals surface area contributed by atoms with Gasteiger partial charge in [0.1, 0.15) is 0 Å². The zero-order valence-corrected chi connectivity index (χ0v) is 22.3. The zero-order chi connectivity index (χ0) is 25.0. The molecule has 4 rings (SSSR count). The molecule has 3 unspecified atom stereocenters. The number of carbonyl (C=O) groups excluding carboxylic acids is 1. The lowest BCUT2D eigenvalue weighted by Gasteiger charge is -2.52. The number of hydrogen-bond acceptors (Lipinski definition) is 3. The van der Waals surface area contributed by atoms with Gasteiger partial charge in [0.05, 0.1) is 24.7 Å². The van der Waals surface area contributed by atoms with Crippen LogP contribution in [0.15, 0.2) is 61.2 Å². The second kappa shape index (κ2) is 11.5. The second-order valence-electron chi connectivity index (χ2n) is 10.1. The van der Waals surface area contributed by atoms with Gasteiger partial charge in [0, 0.05) is 41.6 Å². The molecule has 2 aliphatic heterocycles. The van der Waals surface area contributed by atoms with Crippen LogP contribution in [-0.4, -0.2) is 54.6 Å². The Hall–Kier alpha value is -1.85. The number of ether oxygens (including phenoxy) is 1. The minimum Gasteiger partial charge on any atom is -0.379 e. The summed E-state index contributed by atoms with van der Waals surface area (Å²) in [5.74, 6) is 0.298. The maximum Gasteiger partial charge on any atom is 0.229 e. The third kappa shape index (κ3) is 5.77. The van der Waals surface area contributed by atoms with Crippen LogP contribution in [0.25, 0.3) is 0 Å². The summed E-state index contributed by atoms with van der Waals surface area (Å²) in [7, 11) is 0. The molecule has 2 heterocycles. The van der Waals surface area contributed by atoms with Crippen LogP contribution in [0.3, 0.4) is 0 Å². The molecule has 0 aromatic heterocycles. The third-order valence-corrected chi connectivity index (χ3v) is 8.11. The lowest BCUT2D eigenvalue weighted by molar-refractivity contribution is -0.155. The standard InChI is InChI=1S/C29H36Cl2N2O2/c1-4-13-29(3)19-26(22-7-6-8-24(31)18-22)27(21-9-11-23(30)12-10-21)33(28(29)34)25(5-2)20-32-14-16-35-17-15-32/h4,6-12,18,25-27H,1,5,13-17,19-20H2,2-3H3/t25-,26?,27?,29?/m0/s1. The molecule has 2 aromatic carbocycles. The van der Waals surface area contributed by atoms with E-state index in [-0.39, 0.29) is 23.9 Å². The molecule has 4 nitrogen and oxygen atoms in total. The Labute approximate surface area is 219 Å². The molecule has 35 heavy (non-hydrogen) atoms. The summed E-state index contributed by atoms with van der Waals surface area (Å²) in [6.45, 7) is 12.4. The van der Waals surface area contributed by atoms with E-state index in [9.17, 15) is 4.79 Å². The molecule has 2 aliphatic rings. The Balaban J connectivity index is 1.83. The molecule has 188 valence electrons. The van der Waals surface area contributed by atoms with Crippen LogP contribution < -0.4 is 0 Å². The second-order valence-corrected chi connectivity index (χ2v) is 11.0. The van der Waals surface area contributed by atoms with E-state index in [4.69, 9.17) is 27.9 Å². The summed E-state index contributed by atoms with van der Waals surface area (Å²) >= 11 is 12.7. The molecule has 6 heteroatoms. The Morgan fingerprint density at radius 3 is 2.46 bits per heavy atom. The van der Waals surface area contributed by atoms with Gasteiger partial charge < -0.3 is 9.64 Å². The number of hydrogen-bond donors (Lipinski definition) is 0. The molecule has 0 aliphatic carbocycles. The summed E-state index contributed by atoms with van der Waals surface area (Å²) in [5.41, 5.74) is 1.73. The molecule has 4 atom stereocenters. The number of allylic oxidation sites excluding steroid dienone is 1. The van der Waals surface area contributed by atoms with Gasteiger partial charge in [-0.2, -0.15) is 0 Å². The normalized spacial score (nSPS) is 26.5. The van der Waals surface area contributed by atoms with E-state index in [2.05, 4.69) is 54.5 Å². The molecule has 0 N–H and O–H groups in total. The Kier molecular flexibility index (Phi) is 8.59. The minimum atomic E-state index is -0.532. The smallest absolute Gasteiger partial charge is 0.229 e. The Bertz CT molecular complexity index is 1020. The molecule has 0 radical (unpaired) electrons. The molecule has 1 amide bonds. The highest BCUT2D eigenvalue weighted by Crippen LogP contribution is 2.52. The lowest BCUT2D eigenvalue weighted by Crippen LogP contribution is -2.58. The van der Waals surface area contributed by atoms with Crippen molar-refractivity contribution in [3.05, 3.63) is 82.4 Å². The van der Waals surface area contributed by atoms with Gasteiger partial charge in [-0.1, -0.05) is 67.4 Å². The first-order chi connectivity index (χ1) is 16.9. The summed E-state index contributed by atoms with van der Waals surface area (Å²) in [4.78, 5) is 19.0. The fourth-order valence-electron chi connectivity index (χ4n) is 5.78. The topological polar surface area (TPSA) is 32.8 Å². The molecular weight excluding hydrogens is 479 g/mol. The van der Waals surface area contributed by atoms with Crippen molar-refractivity contribution in [1.82, 2.24) is 9.80 Å². The first kappa shape index (κ1) is 26.2. The van der Waals surface area contributed by atoms with Gasteiger partial charge in [-0.3, -0.25) is 9.69 Å². The number of carbonyl (C=O) groups is 1. The Morgan fingerprint density at radius 2 is 1.83 bits per heavy atom. The van der Waals surface area contributed by atoms with Crippen molar-refractivity contribution >= 4 is 29.1 Å². The number of rotatable bonds is 8. The highest BCUT2D eigenvalue weighted by atomic mass is 35.5. The van der Waals surface area contributed by atoms with E-state index in [1.165, 1.54) is 0 Å². The van der Waals surface area contributed by atoms with Crippen LogP contribution in [0.2, 0.25) is 10.0 Å². The van der Waals surface area contributed by atoms with Crippen LogP contribution in [0.4, 0.5) is 0 Å². The predicted molar refractivity (Wildman–Crippen MR) is 144 cm³/mol. The Morgan fingerprint density at radius 1 is 1.11 bits per heavy atom. The van der Waals surface area contributed by atoms with E-state index in [0.29, 0.717) is 16.5 Å². The highest BCUT2D eigenvalue weighted by molar-refractivity contribution is 6.30. The van der Waals surface area contributed by atoms with Crippen molar-refractivity contribution in [3.8, 4) is 0 Å². The zero-order valence-electron chi connectivity index (χ0n) is 20.8. The number of halogens is 2. The average molecular weight is 516 g/mol. The number of amides is 1. The van der Waals surface area contributed by atoms with Crippen molar-refractivity contribution in [2.45, 2.75) is 51.1 Å². The SMILES string of the molecule is C=CCC1(C)CC(c2cccc(Cl)c2)C(c2ccc(Cl)cc2)N([C@@H](CC)CN2CCOCC2)C1=O. The van der Waals surface area contributed by atoms with Gasteiger partial charge in [0.25, 0.3) is 0 Å². The van der Waals surface area contributed by atoms with Gasteiger partial charge in [-0.25, -0.2) is 0 Å². The van der Waals surface area contributed by atoms with Crippen molar-refractivity contribution in [3.63, 3.8) is 0 Å². The molecule has 2 saturated heterocycles. The first-order valence-electron chi connectivity index (χ1n) is 12.6. The number of morpholine rings is 1. The molecule has 2 fully saturated rings. The third-order valence-electron chi connectivity index (χ3n) is 7.62. The molecule has 0 bridgehead atoms. The molecule has 0 spiro atoms. The summed E-state index contributed by atoms with van der Waals surface area (Å²) < 4.78 is 5.58. The first-order valence-corrected chi connectivity index (χ1v) is 13.4. The van der Waals surface area contributed by atoms with Crippen LogP contribution >= 0.6 is 23.2 Å². The van der Waals surface area contributed by atoms with Crippen LogP contribution in [0.1, 0.15) is 56.2 Å². The van der Waals surface area contributed by atoms with E-state index < -0.39 is 5.41 Å². The number of nitrogens with zero attached hydrogens (tertiary/aromatic N) is 2. The average Bonchev–Trinajstić information content (AvgIpc) is 2.86. The quantitative estimate of drug-likeness (QED) is 0.365. The maximum absolute atomic E-state index is 14.4. The van der Waals surface area contributed by atoms with E-state index in [1.54, 1.807) is 0 Å². The van der Waals surface area contributed by atoms with Gasteiger partial charge in [-0.05, 0) is 54.7 Å². The highest BCUT2D eigenvalue weighted by Gasteiger charge is 2.51. The van der Waals surface area contributed by atoms with Gasteiger partial charge in [0.2, 0.25) is 5.91 Å². The van der Waals surface area contributed by atoms with Crippen LogP contribution in [0, 0.1) is 5.41 Å². The predicted octanol–water partition coefficient (Wildman–Crippen LogP) is 6.74. The maximum atomic E-state index is 14.4. The fraction of sp³-hybridized carbons (Fsp3) is 0.483. The van der Waals surface area contributed by atoms with E-state index >= 15 is 0 Å². The monoisotopic (exact) mass is 514 g/mol. The van der Waals surface area contributed by atoms with Gasteiger partial charge >= 0.3 is 0 Å². The van der Waals surface area contributed by atoms with Crippen molar-refractivity contribution in [1.29, 1.82) is 0 Å². The minimum absolute atomic E-state index is 0.0763. The molecule has 0 saturated carbocycles. The van der Waals surface area contributed by atoms with Gasteiger partial charge in [-0.15, -0.1) is 6.58 Å². The summed E-state index contributed by atoms with van der Waals surface area (Å²) in [5, 5.41) is 1.41. The summed E-state index contributed by atoms with van der Waals surface area (Å²) in [6, 6.07) is 16.1. The molecule has 2 aromatic rings. The van der Waals surface area contributed by atoms with Crippen LogP contribution in [-0.2, 0) is 9.53 Å². The van der Waals surface area contributed by atoms with Gasteiger partial charge in [0.15, 0.2) is 0 Å². The van der Waals surface area contributed by atoms with Crippen molar-refractivity contribution in [2.75, 3.05) is 32.8 Å². The van der Waals surface area contributed by atoms with Crippen molar-refractivity contribution < 1.29 is 9.53 Å². The van der Waals surface area contributed by atoms with E-state index in [0.717, 1.165) is 56.8 Å². The lowest BCUT2D eigenvalue weighted by atomic mass is 9.67. The number of benzene rings is 2. The van der Waals surface area contributed by atoms with Crippen LogP contribution in [0.5, 0.6) is 0 Å². The summed E-state index contributed by atoms with van der Waals surface area (Å²) in [6.07, 6.45) is 4.13. The van der Waals surface area contributed by atoms with Crippen molar-refractivity contribution in [2.24, 2.45) is 5.41 Å². The number of likely N-dealkylation sites (tertiary alicyclic amines) is 1.